The number of hydrogen-bond acceptors (Lipinski definition) is 3. The highest BCUT2D eigenvalue weighted by Crippen LogP contribution is 2.20. The standard InChI is InChI=1S/C20H23FN2O2/c1-14(22-12-16-4-2-3-5-19(16)21)15-6-10-18(11-7-15)25-13-20(24)23-17-8-9-17/h2-7,10-11,14,17,22H,8-9,12-13H2,1H3,(H,23,24). The number of carbonyl (C=O) groups is 1. The first kappa shape index (κ1) is 17.4. The Morgan fingerprint density at radius 1 is 1.20 bits per heavy atom. The largest absolute Gasteiger partial charge is 0.484 e. The Balaban J connectivity index is 1.47. The van der Waals surface area contributed by atoms with Gasteiger partial charge in [-0.1, -0.05) is 30.3 Å². The molecule has 2 aromatic rings. The van der Waals surface area contributed by atoms with Crippen molar-refractivity contribution in [1.29, 1.82) is 0 Å². The molecule has 0 heterocycles. The van der Waals surface area contributed by atoms with Crippen LogP contribution in [0.3, 0.4) is 0 Å². The van der Waals surface area contributed by atoms with Crippen LogP contribution in [0.2, 0.25) is 0 Å². The predicted molar refractivity (Wildman–Crippen MR) is 94.8 cm³/mol. The van der Waals surface area contributed by atoms with Crippen molar-refractivity contribution in [3.63, 3.8) is 0 Å². The van der Waals surface area contributed by atoms with E-state index in [2.05, 4.69) is 10.6 Å². The van der Waals surface area contributed by atoms with Crippen LogP contribution in [0.1, 0.15) is 36.9 Å². The van der Waals surface area contributed by atoms with E-state index in [9.17, 15) is 9.18 Å². The molecule has 5 heteroatoms. The van der Waals surface area contributed by atoms with Crippen molar-refractivity contribution in [3.05, 3.63) is 65.5 Å². The van der Waals surface area contributed by atoms with Gasteiger partial charge in [0.05, 0.1) is 0 Å². The summed E-state index contributed by atoms with van der Waals surface area (Å²) in [6.07, 6.45) is 2.14. The molecular weight excluding hydrogens is 319 g/mol. The molecule has 0 spiro atoms. The topological polar surface area (TPSA) is 50.4 Å². The van der Waals surface area contributed by atoms with E-state index in [4.69, 9.17) is 4.74 Å². The molecule has 0 aliphatic heterocycles. The van der Waals surface area contributed by atoms with Gasteiger partial charge in [0.2, 0.25) is 0 Å². The number of ether oxygens (including phenoxy) is 1. The molecule has 1 aliphatic rings. The van der Waals surface area contributed by atoms with Gasteiger partial charge in [0.25, 0.3) is 5.91 Å². The summed E-state index contributed by atoms with van der Waals surface area (Å²) in [5.74, 6) is 0.387. The molecule has 25 heavy (non-hydrogen) atoms. The summed E-state index contributed by atoms with van der Waals surface area (Å²) >= 11 is 0. The molecule has 3 rings (SSSR count). The fraction of sp³-hybridized carbons (Fsp3) is 0.350. The maximum absolute atomic E-state index is 13.6. The Morgan fingerprint density at radius 3 is 2.60 bits per heavy atom. The second-order valence-corrected chi connectivity index (χ2v) is 6.39. The summed E-state index contributed by atoms with van der Waals surface area (Å²) in [6, 6.07) is 14.8. The summed E-state index contributed by atoms with van der Waals surface area (Å²) < 4.78 is 19.1. The minimum absolute atomic E-state index is 0.0386. The van der Waals surface area contributed by atoms with Gasteiger partial charge in [0.1, 0.15) is 11.6 Å². The molecule has 1 unspecified atom stereocenters. The SMILES string of the molecule is CC(NCc1ccccc1F)c1ccc(OCC(=O)NC2CC2)cc1. The minimum atomic E-state index is -0.199. The van der Waals surface area contributed by atoms with Crippen molar-refractivity contribution in [2.45, 2.75) is 38.4 Å². The summed E-state index contributed by atoms with van der Waals surface area (Å²) in [4.78, 5) is 11.6. The molecule has 132 valence electrons. The number of carbonyl (C=O) groups excluding carboxylic acids is 1. The fourth-order valence-corrected chi connectivity index (χ4v) is 2.52. The van der Waals surface area contributed by atoms with E-state index in [-0.39, 0.29) is 24.4 Å². The number of benzene rings is 2. The van der Waals surface area contributed by atoms with E-state index in [1.165, 1.54) is 6.07 Å². The Bertz CT molecular complexity index is 714. The molecule has 4 nitrogen and oxygen atoms in total. The van der Waals surface area contributed by atoms with Crippen LogP contribution in [0, 0.1) is 5.82 Å². The summed E-state index contributed by atoms with van der Waals surface area (Å²) in [6.45, 7) is 2.53. The molecule has 2 N–H and O–H groups in total. The van der Waals surface area contributed by atoms with Gasteiger partial charge in [0.15, 0.2) is 6.61 Å². The number of amides is 1. The van der Waals surface area contributed by atoms with E-state index in [1.54, 1.807) is 12.1 Å². The molecule has 1 saturated carbocycles. The molecule has 1 aliphatic carbocycles. The smallest absolute Gasteiger partial charge is 0.258 e. The molecule has 2 aromatic carbocycles. The first-order valence-electron chi connectivity index (χ1n) is 8.61. The quantitative estimate of drug-likeness (QED) is 0.774. The van der Waals surface area contributed by atoms with Crippen molar-refractivity contribution < 1.29 is 13.9 Å². The van der Waals surface area contributed by atoms with Gasteiger partial charge < -0.3 is 15.4 Å². The van der Waals surface area contributed by atoms with Gasteiger partial charge in [-0.2, -0.15) is 0 Å². The zero-order chi connectivity index (χ0) is 17.6. The predicted octanol–water partition coefficient (Wildman–Crippen LogP) is 3.33. The van der Waals surface area contributed by atoms with Crippen molar-refractivity contribution in [1.82, 2.24) is 10.6 Å². The third kappa shape index (κ3) is 5.29. The second kappa shape index (κ2) is 8.12. The van der Waals surface area contributed by atoms with Crippen LogP contribution in [-0.2, 0) is 11.3 Å². The average molecular weight is 342 g/mol. The molecule has 0 radical (unpaired) electrons. The highest BCUT2D eigenvalue weighted by atomic mass is 19.1. The van der Waals surface area contributed by atoms with Crippen LogP contribution in [0.15, 0.2) is 48.5 Å². The number of hydrogen-bond donors (Lipinski definition) is 2. The third-order valence-electron chi connectivity index (χ3n) is 4.25. The van der Waals surface area contributed by atoms with Gasteiger partial charge in [-0.25, -0.2) is 4.39 Å². The average Bonchev–Trinajstić information content (AvgIpc) is 3.43. The first-order chi connectivity index (χ1) is 12.1. The molecule has 1 fully saturated rings. The third-order valence-corrected chi connectivity index (χ3v) is 4.25. The Kier molecular flexibility index (Phi) is 5.66. The highest BCUT2D eigenvalue weighted by Gasteiger charge is 2.23. The van der Waals surface area contributed by atoms with Gasteiger partial charge >= 0.3 is 0 Å². The minimum Gasteiger partial charge on any atom is -0.484 e. The van der Waals surface area contributed by atoms with Crippen LogP contribution in [-0.4, -0.2) is 18.6 Å². The summed E-state index contributed by atoms with van der Waals surface area (Å²) in [5.41, 5.74) is 1.72. The van der Waals surface area contributed by atoms with Crippen LogP contribution in [0.25, 0.3) is 0 Å². The van der Waals surface area contributed by atoms with Crippen LogP contribution >= 0.6 is 0 Å². The lowest BCUT2D eigenvalue weighted by Crippen LogP contribution is -2.30. The van der Waals surface area contributed by atoms with Crippen LogP contribution < -0.4 is 15.4 Å². The van der Waals surface area contributed by atoms with Crippen molar-refractivity contribution in [3.8, 4) is 5.75 Å². The lowest BCUT2D eigenvalue weighted by atomic mass is 10.1. The number of rotatable bonds is 8. The Hall–Kier alpha value is -2.40. The first-order valence-corrected chi connectivity index (χ1v) is 8.61. The van der Waals surface area contributed by atoms with Gasteiger partial charge in [-0.05, 0) is 43.5 Å². The Labute approximate surface area is 147 Å². The summed E-state index contributed by atoms with van der Waals surface area (Å²) in [7, 11) is 0. The van der Waals surface area contributed by atoms with Gasteiger partial charge in [-0.15, -0.1) is 0 Å². The number of halogens is 1. The van der Waals surface area contributed by atoms with Gasteiger partial charge in [-0.3, -0.25) is 4.79 Å². The molecule has 1 amide bonds. The van der Waals surface area contributed by atoms with Crippen molar-refractivity contribution in [2.75, 3.05) is 6.61 Å². The summed E-state index contributed by atoms with van der Waals surface area (Å²) in [5, 5.41) is 6.20. The van der Waals surface area contributed by atoms with Gasteiger partial charge in [0, 0.05) is 24.2 Å². The van der Waals surface area contributed by atoms with E-state index in [0.29, 0.717) is 23.9 Å². The van der Waals surface area contributed by atoms with Crippen LogP contribution in [0.4, 0.5) is 4.39 Å². The lowest BCUT2D eigenvalue weighted by molar-refractivity contribution is -0.123. The van der Waals surface area contributed by atoms with Crippen LogP contribution in [0.5, 0.6) is 5.75 Å². The molecule has 0 saturated heterocycles. The monoisotopic (exact) mass is 342 g/mol. The maximum atomic E-state index is 13.6. The molecule has 1 atom stereocenters. The van der Waals surface area contributed by atoms with Crippen molar-refractivity contribution >= 4 is 5.91 Å². The molecule has 0 bridgehead atoms. The normalized spacial score (nSPS) is 14.8. The zero-order valence-electron chi connectivity index (χ0n) is 14.3. The molecule has 0 aromatic heterocycles. The lowest BCUT2D eigenvalue weighted by Gasteiger charge is -2.15. The number of nitrogens with one attached hydrogen (secondary N) is 2. The second-order valence-electron chi connectivity index (χ2n) is 6.39. The zero-order valence-corrected chi connectivity index (χ0v) is 14.3. The molecular formula is C20H23FN2O2. The highest BCUT2D eigenvalue weighted by molar-refractivity contribution is 5.78. The fourth-order valence-electron chi connectivity index (χ4n) is 2.52. The van der Waals surface area contributed by atoms with E-state index in [1.807, 2.05) is 37.3 Å². The van der Waals surface area contributed by atoms with Crippen molar-refractivity contribution in [2.24, 2.45) is 0 Å². The maximum Gasteiger partial charge on any atom is 0.258 e. The van der Waals surface area contributed by atoms with E-state index in [0.717, 1.165) is 18.4 Å². The van der Waals surface area contributed by atoms with E-state index >= 15 is 0 Å². The van der Waals surface area contributed by atoms with E-state index < -0.39 is 0 Å². The Morgan fingerprint density at radius 2 is 1.92 bits per heavy atom.